The number of amides is 2. The normalized spacial score (nSPS) is 17.1. The summed E-state index contributed by atoms with van der Waals surface area (Å²) in [5.74, 6) is 0.788. The Balaban J connectivity index is 1.68. The summed E-state index contributed by atoms with van der Waals surface area (Å²) in [5, 5.41) is 15.2. The van der Waals surface area contributed by atoms with Crippen LogP contribution in [0.3, 0.4) is 0 Å². The van der Waals surface area contributed by atoms with E-state index in [1.165, 1.54) is 37.3 Å². The van der Waals surface area contributed by atoms with Crippen LogP contribution in [-0.4, -0.2) is 47.3 Å². The van der Waals surface area contributed by atoms with Crippen molar-refractivity contribution in [1.82, 2.24) is 20.4 Å². The van der Waals surface area contributed by atoms with Gasteiger partial charge in [-0.1, -0.05) is 32.1 Å². The molecular weight excluding hydrogens is 286 g/mol. The summed E-state index contributed by atoms with van der Waals surface area (Å²) in [5.41, 5.74) is 0. The first-order valence-electron chi connectivity index (χ1n) is 7.65. The lowest BCUT2D eigenvalue weighted by Gasteiger charge is -2.20. The smallest absolute Gasteiger partial charge is 0.321 e. The van der Waals surface area contributed by atoms with E-state index in [1.54, 1.807) is 0 Å². The van der Waals surface area contributed by atoms with Crippen LogP contribution in [0, 0.1) is 5.92 Å². The van der Waals surface area contributed by atoms with E-state index in [-0.39, 0.29) is 6.03 Å². The SMILES string of the molecule is CC(CNC(=O)Nc1nnc(C(C)C)s1)CN1CCCC1. The molecule has 0 bridgehead atoms. The van der Waals surface area contributed by atoms with E-state index < -0.39 is 0 Å². The van der Waals surface area contributed by atoms with Gasteiger partial charge in [-0.3, -0.25) is 5.32 Å². The monoisotopic (exact) mass is 311 g/mol. The number of aromatic nitrogens is 2. The summed E-state index contributed by atoms with van der Waals surface area (Å²) in [6.45, 7) is 10.4. The van der Waals surface area contributed by atoms with Gasteiger partial charge in [-0.2, -0.15) is 0 Å². The van der Waals surface area contributed by atoms with Crippen molar-refractivity contribution in [2.75, 3.05) is 31.5 Å². The maximum atomic E-state index is 11.8. The number of carbonyl (C=O) groups is 1. The topological polar surface area (TPSA) is 70.1 Å². The number of nitrogens with one attached hydrogen (secondary N) is 2. The van der Waals surface area contributed by atoms with Crippen LogP contribution in [0.15, 0.2) is 0 Å². The van der Waals surface area contributed by atoms with Crippen LogP contribution in [0.4, 0.5) is 9.93 Å². The van der Waals surface area contributed by atoms with Gasteiger partial charge < -0.3 is 10.2 Å². The van der Waals surface area contributed by atoms with Crippen molar-refractivity contribution in [2.45, 2.75) is 39.5 Å². The Labute approximate surface area is 130 Å². The highest BCUT2D eigenvalue weighted by Gasteiger charge is 2.15. The first kappa shape index (κ1) is 16.2. The van der Waals surface area contributed by atoms with Crippen LogP contribution in [-0.2, 0) is 0 Å². The summed E-state index contributed by atoms with van der Waals surface area (Å²) >= 11 is 1.43. The molecule has 0 spiro atoms. The quantitative estimate of drug-likeness (QED) is 0.847. The van der Waals surface area contributed by atoms with Crippen molar-refractivity contribution >= 4 is 22.5 Å². The number of rotatable bonds is 6. The van der Waals surface area contributed by atoms with E-state index in [1.807, 2.05) is 0 Å². The lowest BCUT2D eigenvalue weighted by Crippen LogP contribution is -2.36. The number of hydrogen-bond acceptors (Lipinski definition) is 5. The summed E-state index contributed by atoms with van der Waals surface area (Å²) in [7, 11) is 0. The summed E-state index contributed by atoms with van der Waals surface area (Å²) < 4.78 is 0. The van der Waals surface area contributed by atoms with E-state index >= 15 is 0 Å². The Kier molecular flexibility index (Phi) is 5.93. The van der Waals surface area contributed by atoms with Gasteiger partial charge in [0.1, 0.15) is 5.01 Å². The molecule has 1 fully saturated rings. The van der Waals surface area contributed by atoms with Crippen LogP contribution in [0.5, 0.6) is 0 Å². The summed E-state index contributed by atoms with van der Waals surface area (Å²) in [4.78, 5) is 14.3. The average Bonchev–Trinajstić information content (AvgIpc) is 3.08. The van der Waals surface area contributed by atoms with Crippen molar-refractivity contribution in [3.8, 4) is 0 Å². The lowest BCUT2D eigenvalue weighted by molar-refractivity contribution is 0.245. The van der Waals surface area contributed by atoms with Crippen LogP contribution in [0.2, 0.25) is 0 Å². The third-order valence-corrected chi connectivity index (χ3v) is 4.67. The van der Waals surface area contributed by atoms with Gasteiger partial charge in [0.15, 0.2) is 0 Å². The fourth-order valence-corrected chi connectivity index (χ4v) is 3.14. The number of carbonyl (C=O) groups excluding carboxylic acids is 1. The molecule has 0 aliphatic carbocycles. The number of urea groups is 1. The van der Waals surface area contributed by atoms with Gasteiger partial charge in [-0.05, 0) is 31.8 Å². The molecule has 0 saturated carbocycles. The average molecular weight is 311 g/mol. The molecule has 2 heterocycles. The molecule has 21 heavy (non-hydrogen) atoms. The largest absolute Gasteiger partial charge is 0.337 e. The third-order valence-electron chi connectivity index (χ3n) is 3.53. The Morgan fingerprint density at radius 2 is 2.00 bits per heavy atom. The lowest BCUT2D eigenvalue weighted by atomic mass is 10.1. The fourth-order valence-electron chi connectivity index (χ4n) is 2.40. The molecule has 1 aromatic heterocycles. The van der Waals surface area contributed by atoms with Crippen LogP contribution in [0.1, 0.15) is 44.5 Å². The van der Waals surface area contributed by atoms with Gasteiger partial charge in [0.25, 0.3) is 0 Å². The molecule has 118 valence electrons. The van der Waals surface area contributed by atoms with Crippen LogP contribution >= 0.6 is 11.3 Å². The molecule has 2 rings (SSSR count). The van der Waals surface area contributed by atoms with E-state index in [2.05, 4.69) is 46.5 Å². The molecule has 1 saturated heterocycles. The molecular formula is C14H25N5OS. The van der Waals surface area contributed by atoms with E-state index in [9.17, 15) is 4.79 Å². The van der Waals surface area contributed by atoms with E-state index in [4.69, 9.17) is 0 Å². The molecule has 0 radical (unpaired) electrons. The fraction of sp³-hybridized carbons (Fsp3) is 0.786. The van der Waals surface area contributed by atoms with Gasteiger partial charge in [0.05, 0.1) is 0 Å². The minimum atomic E-state index is -0.199. The predicted octanol–water partition coefficient (Wildman–Crippen LogP) is 2.51. The molecule has 1 unspecified atom stereocenters. The molecule has 0 aromatic carbocycles. The first-order chi connectivity index (χ1) is 10.0. The second-order valence-corrected chi connectivity index (χ2v) is 7.06. The third kappa shape index (κ3) is 5.24. The maximum absolute atomic E-state index is 11.8. The van der Waals surface area contributed by atoms with Gasteiger partial charge in [-0.25, -0.2) is 4.79 Å². The standard InChI is InChI=1S/C14H25N5OS/c1-10(2)12-17-18-14(21-12)16-13(20)15-8-11(3)9-19-6-4-5-7-19/h10-11H,4-9H2,1-3H3,(H2,15,16,18,20). The highest BCUT2D eigenvalue weighted by molar-refractivity contribution is 7.15. The number of nitrogens with zero attached hydrogens (tertiary/aromatic N) is 3. The zero-order valence-corrected chi connectivity index (χ0v) is 13.9. The van der Waals surface area contributed by atoms with Crippen molar-refractivity contribution < 1.29 is 4.79 Å². The molecule has 1 aliphatic heterocycles. The zero-order valence-electron chi connectivity index (χ0n) is 13.1. The van der Waals surface area contributed by atoms with Gasteiger partial charge in [0.2, 0.25) is 5.13 Å². The Morgan fingerprint density at radius 3 is 2.62 bits per heavy atom. The van der Waals surface area contributed by atoms with Crippen molar-refractivity contribution in [3.63, 3.8) is 0 Å². The second-order valence-electron chi connectivity index (χ2n) is 6.05. The maximum Gasteiger partial charge on any atom is 0.321 e. The van der Waals surface area contributed by atoms with Crippen molar-refractivity contribution in [3.05, 3.63) is 5.01 Å². The second kappa shape index (κ2) is 7.70. The molecule has 2 N–H and O–H groups in total. The van der Waals surface area contributed by atoms with Gasteiger partial charge in [-0.15, -0.1) is 10.2 Å². The summed E-state index contributed by atoms with van der Waals surface area (Å²) in [6, 6.07) is -0.199. The van der Waals surface area contributed by atoms with Crippen molar-refractivity contribution in [1.29, 1.82) is 0 Å². The zero-order chi connectivity index (χ0) is 15.2. The highest BCUT2D eigenvalue weighted by atomic mass is 32.1. The molecule has 1 atom stereocenters. The Hall–Kier alpha value is -1.21. The van der Waals surface area contributed by atoms with Crippen LogP contribution in [0.25, 0.3) is 0 Å². The highest BCUT2D eigenvalue weighted by Crippen LogP contribution is 2.22. The van der Waals surface area contributed by atoms with Crippen molar-refractivity contribution in [2.24, 2.45) is 5.92 Å². The van der Waals surface area contributed by atoms with Crippen LogP contribution < -0.4 is 10.6 Å². The molecule has 7 heteroatoms. The molecule has 2 amide bonds. The molecule has 1 aliphatic rings. The van der Waals surface area contributed by atoms with Gasteiger partial charge in [0, 0.05) is 19.0 Å². The Bertz CT molecular complexity index is 456. The molecule has 6 nitrogen and oxygen atoms in total. The minimum Gasteiger partial charge on any atom is -0.337 e. The minimum absolute atomic E-state index is 0.199. The number of anilines is 1. The number of likely N-dealkylation sites (tertiary alicyclic amines) is 1. The Morgan fingerprint density at radius 1 is 1.29 bits per heavy atom. The van der Waals surface area contributed by atoms with E-state index in [0.29, 0.717) is 23.5 Å². The number of hydrogen-bond donors (Lipinski definition) is 2. The van der Waals surface area contributed by atoms with E-state index in [0.717, 1.165) is 11.6 Å². The first-order valence-corrected chi connectivity index (χ1v) is 8.47. The predicted molar refractivity (Wildman–Crippen MR) is 85.9 cm³/mol. The summed E-state index contributed by atoms with van der Waals surface area (Å²) in [6.07, 6.45) is 2.60. The molecule has 1 aromatic rings. The van der Waals surface area contributed by atoms with Gasteiger partial charge >= 0.3 is 6.03 Å².